The van der Waals surface area contributed by atoms with Crippen LogP contribution in [-0.4, -0.2) is 16.4 Å². The molecule has 0 unspecified atom stereocenters. The van der Waals surface area contributed by atoms with Crippen molar-refractivity contribution in [3.8, 4) is 0 Å². The Morgan fingerprint density at radius 2 is 2.05 bits per heavy atom. The molecule has 7 heteroatoms. The molecule has 1 aromatic carbocycles. The van der Waals surface area contributed by atoms with Gasteiger partial charge in [0.1, 0.15) is 18.1 Å². The van der Waals surface area contributed by atoms with Gasteiger partial charge in [-0.05, 0) is 18.2 Å². The number of benzene rings is 1. The van der Waals surface area contributed by atoms with Crippen LogP contribution < -0.4 is 11.5 Å². The van der Waals surface area contributed by atoms with Crippen LogP contribution in [0.4, 0.5) is 10.1 Å². The van der Waals surface area contributed by atoms with E-state index in [4.69, 9.17) is 16.2 Å². The summed E-state index contributed by atoms with van der Waals surface area (Å²) in [5.74, 6) is -2.00. The number of hydrogen-bond donors (Lipinski definition) is 2. The predicted molar refractivity (Wildman–Crippen MR) is 73.9 cm³/mol. The smallest absolute Gasteiger partial charge is 0.355 e. The molecular formula is C14H14FN3O3. The summed E-state index contributed by atoms with van der Waals surface area (Å²) in [5.41, 5.74) is 11.5. The molecule has 6 nitrogen and oxygen atoms in total. The third-order valence-corrected chi connectivity index (χ3v) is 2.93. The summed E-state index contributed by atoms with van der Waals surface area (Å²) in [5, 5.41) is 0. The first kappa shape index (κ1) is 14.6. The first-order chi connectivity index (χ1) is 9.88. The lowest BCUT2D eigenvalue weighted by atomic mass is 10.1. The molecule has 1 heterocycles. The van der Waals surface area contributed by atoms with Crippen LogP contribution in [0.3, 0.4) is 0 Å². The summed E-state index contributed by atoms with van der Waals surface area (Å²) >= 11 is 0. The lowest BCUT2D eigenvalue weighted by Gasteiger charge is -2.07. The van der Waals surface area contributed by atoms with Crippen molar-refractivity contribution in [1.29, 1.82) is 0 Å². The third-order valence-electron chi connectivity index (χ3n) is 2.93. The minimum atomic E-state index is -0.725. The number of aryl methyl sites for hydroxylation is 1. The average molecular weight is 291 g/mol. The molecule has 0 aliphatic heterocycles. The Morgan fingerprint density at radius 1 is 1.33 bits per heavy atom. The zero-order chi connectivity index (χ0) is 15.6. The summed E-state index contributed by atoms with van der Waals surface area (Å²) in [7, 11) is 1.65. The summed E-state index contributed by atoms with van der Waals surface area (Å²) < 4.78 is 20.3. The van der Waals surface area contributed by atoms with Crippen molar-refractivity contribution < 1.29 is 18.7 Å². The molecule has 0 aliphatic rings. The minimum absolute atomic E-state index is 0.0535. The average Bonchev–Trinajstić information content (AvgIpc) is 2.75. The molecule has 0 saturated carbocycles. The van der Waals surface area contributed by atoms with E-state index in [9.17, 15) is 14.0 Å². The van der Waals surface area contributed by atoms with Crippen LogP contribution in [0.15, 0.2) is 30.5 Å². The molecule has 1 amide bonds. The first-order valence-electron chi connectivity index (χ1n) is 6.05. The van der Waals surface area contributed by atoms with Crippen molar-refractivity contribution in [3.05, 3.63) is 53.1 Å². The SMILES string of the molecule is Cn1cc(N)cc1C(=O)OCc1ccc(C(N)=O)cc1F. The Kier molecular flexibility index (Phi) is 3.93. The number of anilines is 1. The van der Waals surface area contributed by atoms with Crippen LogP contribution in [-0.2, 0) is 18.4 Å². The number of hydrogen-bond acceptors (Lipinski definition) is 4. The third kappa shape index (κ3) is 3.19. The normalized spacial score (nSPS) is 10.4. The molecular weight excluding hydrogens is 277 g/mol. The molecule has 0 atom stereocenters. The Morgan fingerprint density at radius 3 is 2.57 bits per heavy atom. The molecule has 110 valence electrons. The summed E-state index contributed by atoms with van der Waals surface area (Å²) in [4.78, 5) is 22.8. The van der Waals surface area contributed by atoms with Gasteiger partial charge < -0.3 is 20.8 Å². The van der Waals surface area contributed by atoms with Crippen molar-refractivity contribution >= 4 is 17.6 Å². The van der Waals surface area contributed by atoms with Gasteiger partial charge in [0, 0.05) is 24.4 Å². The van der Waals surface area contributed by atoms with Gasteiger partial charge in [0.2, 0.25) is 5.91 Å². The van der Waals surface area contributed by atoms with E-state index in [1.165, 1.54) is 22.8 Å². The predicted octanol–water partition coefficient (Wildman–Crippen LogP) is 1.20. The standard InChI is InChI=1S/C14H14FN3O3/c1-18-6-10(16)5-12(18)14(20)21-7-9-3-2-8(13(17)19)4-11(9)15/h2-6H,7,16H2,1H3,(H2,17,19). The molecule has 4 N–H and O–H groups in total. The zero-order valence-corrected chi connectivity index (χ0v) is 11.3. The fourth-order valence-corrected chi connectivity index (χ4v) is 1.83. The zero-order valence-electron chi connectivity index (χ0n) is 11.3. The highest BCUT2D eigenvalue weighted by molar-refractivity contribution is 5.92. The van der Waals surface area contributed by atoms with Crippen LogP contribution in [0.2, 0.25) is 0 Å². The van der Waals surface area contributed by atoms with Crippen molar-refractivity contribution in [2.45, 2.75) is 6.61 Å². The highest BCUT2D eigenvalue weighted by atomic mass is 19.1. The molecule has 2 aromatic rings. The van der Waals surface area contributed by atoms with Gasteiger partial charge in [0.05, 0.1) is 5.69 Å². The van der Waals surface area contributed by atoms with E-state index < -0.39 is 17.7 Å². The number of amides is 1. The fourth-order valence-electron chi connectivity index (χ4n) is 1.83. The highest BCUT2D eigenvalue weighted by Crippen LogP contribution is 2.14. The number of carbonyl (C=O) groups is 2. The van der Waals surface area contributed by atoms with Crippen LogP contribution in [0.25, 0.3) is 0 Å². The van der Waals surface area contributed by atoms with E-state index in [0.717, 1.165) is 6.07 Å². The van der Waals surface area contributed by atoms with Crippen molar-refractivity contribution in [2.24, 2.45) is 12.8 Å². The van der Waals surface area contributed by atoms with E-state index in [1.807, 2.05) is 0 Å². The molecule has 0 saturated heterocycles. The fraction of sp³-hybridized carbons (Fsp3) is 0.143. The molecule has 0 aliphatic carbocycles. The van der Waals surface area contributed by atoms with Gasteiger partial charge >= 0.3 is 5.97 Å². The maximum absolute atomic E-state index is 13.7. The van der Waals surface area contributed by atoms with Gasteiger partial charge in [-0.1, -0.05) is 6.07 Å². The lowest BCUT2D eigenvalue weighted by molar-refractivity contribution is 0.0457. The van der Waals surface area contributed by atoms with E-state index in [1.54, 1.807) is 13.2 Å². The molecule has 21 heavy (non-hydrogen) atoms. The maximum Gasteiger partial charge on any atom is 0.355 e. The van der Waals surface area contributed by atoms with E-state index in [0.29, 0.717) is 5.69 Å². The number of aromatic nitrogens is 1. The van der Waals surface area contributed by atoms with Gasteiger partial charge in [-0.15, -0.1) is 0 Å². The van der Waals surface area contributed by atoms with Crippen molar-refractivity contribution in [3.63, 3.8) is 0 Å². The van der Waals surface area contributed by atoms with Crippen molar-refractivity contribution in [2.75, 3.05) is 5.73 Å². The monoisotopic (exact) mass is 291 g/mol. The second-order valence-corrected chi connectivity index (χ2v) is 4.52. The largest absolute Gasteiger partial charge is 0.456 e. The number of carbonyl (C=O) groups excluding carboxylic acids is 2. The Labute approximate surface area is 120 Å². The van der Waals surface area contributed by atoms with Crippen molar-refractivity contribution in [1.82, 2.24) is 4.57 Å². The number of halogens is 1. The second kappa shape index (κ2) is 5.66. The van der Waals surface area contributed by atoms with E-state index in [-0.39, 0.29) is 23.4 Å². The van der Waals surface area contributed by atoms with E-state index >= 15 is 0 Å². The highest BCUT2D eigenvalue weighted by Gasteiger charge is 2.14. The van der Waals surface area contributed by atoms with Gasteiger partial charge in [-0.25, -0.2) is 9.18 Å². The molecule has 2 rings (SSSR count). The van der Waals surface area contributed by atoms with Gasteiger partial charge in [0.25, 0.3) is 0 Å². The number of nitrogen functional groups attached to an aromatic ring is 1. The molecule has 0 fully saturated rings. The molecule has 0 bridgehead atoms. The van der Waals surface area contributed by atoms with Crippen LogP contribution >= 0.6 is 0 Å². The molecule has 0 spiro atoms. The number of esters is 1. The number of rotatable bonds is 4. The van der Waals surface area contributed by atoms with Crippen LogP contribution in [0.5, 0.6) is 0 Å². The molecule has 1 aromatic heterocycles. The van der Waals surface area contributed by atoms with E-state index in [2.05, 4.69) is 0 Å². The maximum atomic E-state index is 13.7. The van der Waals surface area contributed by atoms with Gasteiger partial charge in [-0.2, -0.15) is 0 Å². The number of ether oxygens (including phenoxy) is 1. The summed E-state index contributed by atoms with van der Waals surface area (Å²) in [6.45, 7) is -0.255. The molecule has 0 radical (unpaired) electrons. The second-order valence-electron chi connectivity index (χ2n) is 4.52. The number of nitrogens with two attached hydrogens (primary N) is 2. The first-order valence-corrected chi connectivity index (χ1v) is 6.05. The van der Waals surface area contributed by atoms with Crippen LogP contribution in [0.1, 0.15) is 26.4 Å². The summed E-state index contributed by atoms with van der Waals surface area (Å²) in [6.07, 6.45) is 1.57. The number of nitrogens with zero attached hydrogens (tertiary/aromatic N) is 1. The van der Waals surface area contributed by atoms with Gasteiger partial charge in [0.15, 0.2) is 0 Å². The quantitative estimate of drug-likeness (QED) is 0.826. The number of primary amides is 1. The lowest BCUT2D eigenvalue weighted by Crippen LogP contribution is -2.13. The Balaban J connectivity index is 2.08. The van der Waals surface area contributed by atoms with Gasteiger partial charge in [-0.3, -0.25) is 4.79 Å². The summed E-state index contributed by atoms with van der Waals surface area (Å²) in [6, 6.07) is 5.19. The Bertz CT molecular complexity index is 709. The topological polar surface area (TPSA) is 100 Å². The Hall–Kier alpha value is -2.83. The van der Waals surface area contributed by atoms with Crippen LogP contribution in [0, 0.1) is 5.82 Å². The minimum Gasteiger partial charge on any atom is -0.456 e.